The van der Waals surface area contributed by atoms with Crippen LogP contribution in [-0.4, -0.2) is 50.5 Å². The number of hydrogen-bond donors (Lipinski definition) is 1. The maximum atomic E-state index is 14.1. The Morgan fingerprint density at radius 1 is 0.978 bits per heavy atom. The molecule has 0 bridgehead atoms. The van der Waals surface area contributed by atoms with E-state index < -0.39 is 0 Å². The summed E-state index contributed by atoms with van der Waals surface area (Å²) in [7, 11) is 0. The molecule has 0 atom stereocenters. The SMILES string of the molecule is CCC(C)=Cc1cc(/C(=C(\CC)c2ccc(F)cc2Cl)c2ccc(CCCN3CC(CF)C3)cc2)ccc1NC1CCOCC1. The van der Waals surface area contributed by atoms with Gasteiger partial charge < -0.3 is 15.0 Å². The lowest BCUT2D eigenvalue weighted by Gasteiger charge is -2.37. The molecular formula is C39H47ClF2N2O. The summed E-state index contributed by atoms with van der Waals surface area (Å²) in [5.41, 5.74) is 10.2. The average Bonchev–Trinajstić information content (AvgIpc) is 3.03. The Balaban J connectivity index is 1.51. The molecule has 45 heavy (non-hydrogen) atoms. The van der Waals surface area contributed by atoms with Crippen LogP contribution in [0.1, 0.15) is 80.7 Å². The average molecular weight is 633 g/mol. The molecule has 0 unspecified atom stereocenters. The maximum Gasteiger partial charge on any atom is 0.124 e. The number of alkyl halides is 1. The van der Waals surface area contributed by atoms with Crippen molar-refractivity contribution in [1.29, 1.82) is 0 Å². The topological polar surface area (TPSA) is 24.5 Å². The summed E-state index contributed by atoms with van der Waals surface area (Å²) in [6.07, 6.45) is 8.03. The number of likely N-dealkylation sites (tertiary alicyclic amines) is 1. The number of anilines is 1. The number of aryl methyl sites for hydroxylation is 1. The summed E-state index contributed by atoms with van der Waals surface area (Å²) in [6, 6.07) is 20.6. The smallest absolute Gasteiger partial charge is 0.124 e. The van der Waals surface area contributed by atoms with Crippen LogP contribution in [0.4, 0.5) is 14.5 Å². The molecule has 0 amide bonds. The van der Waals surface area contributed by atoms with Gasteiger partial charge in [0.1, 0.15) is 5.82 Å². The van der Waals surface area contributed by atoms with Crippen molar-refractivity contribution in [3.05, 3.63) is 105 Å². The van der Waals surface area contributed by atoms with Crippen molar-refractivity contribution < 1.29 is 13.5 Å². The quantitative estimate of drug-likeness (QED) is 0.190. The van der Waals surface area contributed by atoms with Gasteiger partial charge in [-0.25, -0.2) is 4.39 Å². The van der Waals surface area contributed by atoms with Crippen molar-refractivity contribution in [3.63, 3.8) is 0 Å². The fraction of sp³-hybridized carbons (Fsp3) is 0.436. The summed E-state index contributed by atoms with van der Waals surface area (Å²) in [4.78, 5) is 2.34. The van der Waals surface area contributed by atoms with Crippen LogP contribution in [0.2, 0.25) is 5.02 Å². The Morgan fingerprint density at radius 3 is 2.38 bits per heavy atom. The number of hydrogen-bond acceptors (Lipinski definition) is 3. The van der Waals surface area contributed by atoms with Gasteiger partial charge in [-0.05, 0) is 115 Å². The number of allylic oxidation sites excluding steroid dienone is 2. The molecule has 0 aliphatic carbocycles. The Hall–Kier alpha value is -2.99. The Morgan fingerprint density at radius 2 is 1.71 bits per heavy atom. The molecule has 2 aliphatic rings. The zero-order chi connectivity index (χ0) is 31.8. The van der Waals surface area contributed by atoms with Gasteiger partial charge in [0.05, 0.1) is 11.7 Å². The maximum absolute atomic E-state index is 14.1. The normalized spacial score (nSPS) is 17.2. The van der Waals surface area contributed by atoms with Gasteiger partial charge in [-0.3, -0.25) is 4.39 Å². The lowest BCUT2D eigenvalue weighted by atomic mass is 9.86. The summed E-state index contributed by atoms with van der Waals surface area (Å²) in [6.45, 7) is 10.6. The van der Waals surface area contributed by atoms with Crippen molar-refractivity contribution in [2.24, 2.45) is 5.92 Å². The molecule has 0 radical (unpaired) electrons. The first-order chi connectivity index (χ1) is 21.9. The van der Waals surface area contributed by atoms with Crippen LogP contribution < -0.4 is 5.32 Å². The van der Waals surface area contributed by atoms with Crippen LogP contribution in [0.3, 0.4) is 0 Å². The molecule has 2 aliphatic heterocycles. The first kappa shape index (κ1) is 33.4. The number of halogens is 3. The van der Waals surface area contributed by atoms with E-state index in [1.165, 1.54) is 23.3 Å². The molecule has 3 aromatic rings. The summed E-state index contributed by atoms with van der Waals surface area (Å²) in [5.74, 6) is -0.111. The molecule has 240 valence electrons. The van der Waals surface area contributed by atoms with Crippen LogP contribution in [-0.2, 0) is 11.2 Å². The predicted molar refractivity (Wildman–Crippen MR) is 186 cm³/mol. The fourth-order valence-corrected chi connectivity index (χ4v) is 6.73. The number of rotatable bonds is 13. The van der Waals surface area contributed by atoms with Crippen molar-refractivity contribution in [3.8, 4) is 0 Å². The lowest BCUT2D eigenvalue weighted by molar-refractivity contribution is 0.0801. The predicted octanol–water partition coefficient (Wildman–Crippen LogP) is 10.1. The van der Waals surface area contributed by atoms with Crippen LogP contribution in [0, 0.1) is 11.7 Å². The number of nitrogens with one attached hydrogen (secondary N) is 1. The molecule has 3 nitrogen and oxygen atoms in total. The van der Waals surface area contributed by atoms with Gasteiger partial charge >= 0.3 is 0 Å². The zero-order valence-corrected chi connectivity index (χ0v) is 27.7. The fourth-order valence-electron chi connectivity index (χ4n) is 6.45. The van der Waals surface area contributed by atoms with Gasteiger partial charge in [-0.1, -0.05) is 73.5 Å². The molecule has 2 saturated heterocycles. The van der Waals surface area contributed by atoms with Crippen molar-refractivity contribution in [1.82, 2.24) is 4.90 Å². The minimum Gasteiger partial charge on any atom is -0.382 e. The molecule has 0 spiro atoms. The van der Waals surface area contributed by atoms with E-state index in [0.29, 0.717) is 11.1 Å². The molecule has 2 heterocycles. The highest BCUT2D eigenvalue weighted by Crippen LogP contribution is 2.39. The highest BCUT2D eigenvalue weighted by molar-refractivity contribution is 6.32. The van der Waals surface area contributed by atoms with Crippen LogP contribution in [0.5, 0.6) is 0 Å². The van der Waals surface area contributed by atoms with Crippen LogP contribution >= 0.6 is 11.6 Å². The number of benzene rings is 3. The van der Waals surface area contributed by atoms with Crippen molar-refractivity contribution >= 4 is 34.5 Å². The molecular weight excluding hydrogens is 586 g/mol. The van der Waals surface area contributed by atoms with Crippen molar-refractivity contribution in [2.75, 3.05) is 44.8 Å². The second kappa shape index (κ2) is 16.0. The van der Waals surface area contributed by atoms with E-state index in [-0.39, 0.29) is 18.4 Å². The molecule has 1 N–H and O–H groups in total. The van der Waals surface area contributed by atoms with E-state index >= 15 is 0 Å². The summed E-state index contributed by atoms with van der Waals surface area (Å²) < 4.78 is 32.5. The molecule has 2 fully saturated rings. The lowest BCUT2D eigenvalue weighted by Crippen LogP contribution is -2.47. The minimum absolute atomic E-state index is 0.206. The first-order valence-corrected chi connectivity index (χ1v) is 17.0. The molecule has 0 aromatic heterocycles. The molecule has 0 saturated carbocycles. The van der Waals surface area contributed by atoms with Crippen LogP contribution in [0.25, 0.3) is 17.2 Å². The largest absolute Gasteiger partial charge is 0.382 e. The second-order valence-electron chi connectivity index (χ2n) is 12.6. The van der Waals surface area contributed by atoms with E-state index in [1.54, 1.807) is 6.07 Å². The van der Waals surface area contributed by atoms with E-state index in [0.717, 1.165) is 110 Å². The summed E-state index contributed by atoms with van der Waals surface area (Å²) in [5, 5.41) is 4.22. The van der Waals surface area contributed by atoms with E-state index in [4.69, 9.17) is 16.3 Å². The minimum atomic E-state index is -0.338. The van der Waals surface area contributed by atoms with Gasteiger partial charge in [0.2, 0.25) is 0 Å². The third kappa shape index (κ3) is 8.64. The Labute approximate surface area is 273 Å². The second-order valence-corrected chi connectivity index (χ2v) is 13.0. The highest BCUT2D eigenvalue weighted by Gasteiger charge is 2.25. The van der Waals surface area contributed by atoms with Crippen molar-refractivity contribution in [2.45, 2.75) is 65.3 Å². The van der Waals surface area contributed by atoms with E-state index in [1.807, 2.05) is 0 Å². The first-order valence-electron chi connectivity index (χ1n) is 16.6. The van der Waals surface area contributed by atoms with Gasteiger partial charge in [0.15, 0.2) is 0 Å². The molecule has 3 aromatic carbocycles. The highest BCUT2D eigenvalue weighted by atomic mass is 35.5. The summed E-state index contributed by atoms with van der Waals surface area (Å²) >= 11 is 6.69. The zero-order valence-electron chi connectivity index (χ0n) is 27.0. The molecule has 6 heteroatoms. The van der Waals surface area contributed by atoms with E-state index in [2.05, 4.69) is 79.5 Å². The third-order valence-corrected chi connectivity index (χ3v) is 9.54. The number of ether oxygens (including phenoxy) is 1. The van der Waals surface area contributed by atoms with Gasteiger partial charge in [0.25, 0.3) is 0 Å². The Bertz CT molecular complexity index is 1490. The number of nitrogens with zero attached hydrogens (tertiary/aromatic N) is 1. The Kier molecular flexibility index (Phi) is 11.9. The van der Waals surface area contributed by atoms with Gasteiger partial charge in [-0.15, -0.1) is 0 Å². The standard InChI is InChI=1S/C39H47ClF2N2O/c1-4-27(3)21-32-22-31(12-15-38(32)43-34-16-19-45-20-17-34)39(35(5-2)36-14-13-33(42)23-37(36)40)30-10-8-28(9-11-30)7-6-18-44-25-29(24-41)26-44/h8-15,21-23,29,34,43H,4-7,16-20,24-26H2,1-3H3/b27-21?,39-35+. The third-order valence-electron chi connectivity index (χ3n) is 9.23. The van der Waals surface area contributed by atoms with Crippen LogP contribution in [0.15, 0.2) is 66.2 Å². The monoisotopic (exact) mass is 632 g/mol. The molecule has 5 rings (SSSR count). The van der Waals surface area contributed by atoms with Gasteiger partial charge in [0, 0.05) is 44.0 Å². The van der Waals surface area contributed by atoms with E-state index in [9.17, 15) is 8.78 Å². The van der Waals surface area contributed by atoms with Gasteiger partial charge in [-0.2, -0.15) is 0 Å².